The van der Waals surface area contributed by atoms with Crippen LogP contribution in [0.2, 0.25) is 0 Å². The fraction of sp³-hybridized carbons (Fsp3) is 0.600. The standard InChI is InChI=1S/C15H24O3S/c1-5-11-15(3,12-6-2)13-7-9-14(10-8-13)18-19(4,16)17/h7-10H,5-6,11-12H2,1-4H3. The summed E-state index contributed by atoms with van der Waals surface area (Å²) < 4.78 is 27.0. The molecule has 0 heterocycles. The molecule has 1 aromatic rings. The first-order chi connectivity index (χ1) is 8.80. The molecule has 0 bridgehead atoms. The average molecular weight is 284 g/mol. The Bertz CT molecular complexity index is 483. The largest absolute Gasteiger partial charge is 0.383 e. The van der Waals surface area contributed by atoms with Crippen LogP contribution in [0.3, 0.4) is 0 Å². The zero-order valence-corrected chi connectivity index (χ0v) is 13.1. The van der Waals surface area contributed by atoms with Crippen LogP contribution in [0.4, 0.5) is 0 Å². The Morgan fingerprint density at radius 2 is 1.53 bits per heavy atom. The molecule has 0 saturated carbocycles. The van der Waals surface area contributed by atoms with Crippen molar-refractivity contribution in [2.45, 2.75) is 51.9 Å². The summed E-state index contributed by atoms with van der Waals surface area (Å²) in [5.41, 5.74) is 1.41. The van der Waals surface area contributed by atoms with Crippen molar-refractivity contribution in [2.75, 3.05) is 6.26 Å². The molecule has 3 nitrogen and oxygen atoms in total. The Hall–Kier alpha value is -1.03. The maximum atomic E-state index is 11.1. The monoisotopic (exact) mass is 284 g/mol. The summed E-state index contributed by atoms with van der Waals surface area (Å²) in [4.78, 5) is 0. The van der Waals surface area contributed by atoms with Crippen molar-refractivity contribution in [3.63, 3.8) is 0 Å². The molecule has 0 saturated heterocycles. The van der Waals surface area contributed by atoms with E-state index in [1.165, 1.54) is 5.56 Å². The average Bonchev–Trinajstić information content (AvgIpc) is 2.28. The summed E-state index contributed by atoms with van der Waals surface area (Å²) in [6.45, 7) is 6.65. The van der Waals surface area contributed by atoms with E-state index in [0.29, 0.717) is 5.75 Å². The molecule has 0 radical (unpaired) electrons. The third kappa shape index (κ3) is 4.86. The maximum absolute atomic E-state index is 11.1. The minimum Gasteiger partial charge on any atom is -0.383 e. The van der Waals surface area contributed by atoms with Gasteiger partial charge in [-0.05, 0) is 36.0 Å². The first-order valence-electron chi connectivity index (χ1n) is 6.81. The SMILES string of the molecule is CCCC(C)(CCC)c1ccc(OS(C)(=O)=O)cc1. The van der Waals surface area contributed by atoms with E-state index in [-0.39, 0.29) is 5.41 Å². The first kappa shape index (κ1) is 16.0. The van der Waals surface area contributed by atoms with Crippen LogP contribution in [0.15, 0.2) is 24.3 Å². The molecule has 0 aliphatic rings. The molecule has 0 aliphatic carbocycles. The van der Waals surface area contributed by atoms with Gasteiger partial charge in [-0.15, -0.1) is 0 Å². The van der Waals surface area contributed by atoms with Gasteiger partial charge in [0.15, 0.2) is 0 Å². The number of rotatable bonds is 7. The van der Waals surface area contributed by atoms with Gasteiger partial charge in [-0.1, -0.05) is 45.7 Å². The lowest BCUT2D eigenvalue weighted by molar-refractivity contribution is 0.391. The molecule has 0 aromatic heterocycles. The van der Waals surface area contributed by atoms with E-state index in [4.69, 9.17) is 4.18 Å². The lowest BCUT2D eigenvalue weighted by Crippen LogP contribution is -2.21. The normalized spacial score (nSPS) is 12.4. The molecule has 0 atom stereocenters. The highest BCUT2D eigenvalue weighted by atomic mass is 32.2. The van der Waals surface area contributed by atoms with Crippen molar-refractivity contribution in [1.82, 2.24) is 0 Å². The van der Waals surface area contributed by atoms with Gasteiger partial charge in [-0.3, -0.25) is 0 Å². The third-order valence-electron chi connectivity index (χ3n) is 3.40. The predicted octanol–water partition coefficient (Wildman–Crippen LogP) is 3.88. The smallest absolute Gasteiger partial charge is 0.306 e. The molecule has 0 fully saturated rings. The molecule has 0 spiro atoms. The van der Waals surface area contributed by atoms with Crippen molar-refractivity contribution in [2.24, 2.45) is 0 Å². The van der Waals surface area contributed by atoms with Crippen molar-refractivity contribution in [1.29, 1.82) is 0 Å². The van der Waals surface area contributed by atoms with E-state index in [2.05, 4.69) is 20.8 Å². The highest BCUT2D eigenvalue weighted by Crippen LogP contribution is 2.34. The van der Waals surface area contributed by atoms with E-state index in [0.717, 1.165) is 31.9 Å². The molecule has 1 aromatic carbocycles. The Kier molecular flexibility index (Phi) is 5.41. The molecule has 19 heavy (non-hydrogen) atoms. The van der Waals surface area contributed by atoms with Crippen LogP contribution < -0.4 is 4.18 Å². The first-order valence-corrected chi connectivity index (χ1v) is 8.62. The number of benzene rings is 1. The van der Waals surface area contributed by atoms with Crippen LogP contribution in [0.1, 0.15) is 52.0 Å². The summed E-state index contributed by atoms with van der Waals surface area (Å²) in [6.07, 6.45) is 5.59. The van der Waals surface area contributed by atoms with Crippen molar-refractivity contribution in [3.8, 4) is 5.75 Å². The van der Waals surface area contributed by atoms with Gasteiger partial charge in [0, 0.05) is 0 Å². The predicted molar refractivity (Wildman–Crippen MR) is 79.1 cm³/mol. The van der Waals surface area contributed by atoms with Crippen LogP contribution in [-0.2, 0) is 15.5 Å². The Labute approximate surface area is 117 Å². The topological polar surface area (TPSA) is 43.4 Å². The molecule has 108 valence electrons. The van der Waals surface area contributed by atoms with Crippen LogP contribution in [-0.4, -0.2) is 14.7 Å². The fourth-order valence-corrected chi connectivity index (χ4v) is 3.07. The van der Waals surface area contributed by atoms with Gasteiger partial charge >= 0.3 is 10.1 Å². The fourth-order valence-electron chi connectivity index (χ4n) is 2.60. The van der Waals surface area contributed by atoms with Gasteiger partial charge in [0.2, 0.25) is 0 Å². The Balaban J connectivity index is 2.95. The van der Waals surface area contributed by atoms with Crippen molar-refractivity contribution in [3.05, 3.63) is 29.8 Å². The second-order valence-corrected chi connectivity index (χ2v) is 6.95. The lowest BCUT2D eigenvalue weighted by atomic mass is 9.75. The van der Waals surface area contributed by atoms with E-state index in [1.54, 1.807) is 12.1 Å². The second kappa shape index (κ2) is 6.42. The molecular weight excluding hydrogens is 260 g/mol. The van der Waals surface area contributed by atoms with Crippen molar-refractivity contribution >= 4 is 10.1 Å². The summed E-state index contributed by atoms with van der Waals surface area (Å²) in [7, 11) is -3.45. The van der Waals surface area contributed by atoms with Gasteiger partial charge in [0.05, 0.1) is 6.26 Å². The number of hydrogen-bond donors (Lipinski definition) is 0. The highest BCUT2D eigenvalue weighted by molar-refractivity contribution is 7.86. The second-order valence-electron chi connectivity index (χ2n) is 5.37. The van der Waals surface area contributed by atoms with Crippen LogP contribution in [0.25, 0.3) is 0 Å². The molecule has 0 unspecified atom stereocenters. The van der Waals surface area contributed by atoms with E-state index < -0.39 is 10.1 Å². The van der Waals surface area contributed by atoms with Crippen LogP contribution >= 0.6 is 0 Å². The van der Waals surface area contributed by atoms with E-state index in [1.807, 2.05) is 12.1 Å². The van der Waals surface area contributed by atoms with Crippen LogP contribution in [0, 0.1) is 0 Å². The van der Waals surface area contributed by atoms with Crippen molar-refractivity contribution < 1.29 is 12.6 Å². The molecule has 0 aliphatic heterocycles. The summed E-state index contributed by atoms with van der Waals surface area (Å²) in [6, 6.07) is 7.43. The van der Waals surface area contributed by atoms with Gasteiger partial charge in [0.1, 0.15) is 5.75 Å². The third-order valence-corrected chi connectivity index (χ3v) is 3.90. The zero-order valence-electron chi connectivity index (χ0n) is 12.3. The minimum absolute atomic E-state index is 0.160. The van der Waals surface area contributed by atoms with E-state index in [9.17, 15) is 8.42 Å². The van der Waals surface area contributed by atoms with Gasteiger partial charge in [-0.2, -0.15) is 8.42 Å². The van der Waals surface area contributed by atoms with Crippen LogP contribution in [0.5, 0.6) is 5.75 Å². The molecule has 4 heteroatoms. The summed E-state index contributed by atoms with van der Waals surface area (Å²) in [5, 5.41) is 0. The zero-order chi connectivity index (χ0) is 14.5. The number of hydrogen-bond acceptors (Lipinski definition) is 3. The molecule has 0 amide bonds. The lowest BCUT2D eigenvalue weighted by Gasteiger charge is -2.29. The van der Waals surface area contributed by atoms with Gasteiger partial charge in [0.25, 0.3) is 0 Å². The summed E-state index contributed by atoms with van der Waals surface area (Å²) >= 11 is 0. The quantitative estimate of drug-likeness (QED) is 0.714. The van der Waals surface area contributed by atoms with Gasteiger partial charge < -0.3 is 4.18 Å². The Morgan fingerprint density at radius 1 is 1.05 bits per heavy atom. The van der Waals surface area contributed by atoms with E-state index >= 15 is 0 Å². The molecule has 0 N–H and O–H groups in total. The summed E-state index contributed by atoms with van der Waals surface area (Å²) in [5.74, 6) is 0.376. The highest BCUT2D eigenvalue weighted by Gasteiger charge is 2.24. The maximum Gasteiger partial charge on any atom is 0.306 e. The molecular formula is C15H24O3S. The van der Waals surface area contributed by atoms with Gasteiger partial charge in [-0.25, -0.2) is 0 Å². The Morgan fingerprint density at radius 3 is 1.89 bits per heavy atom. The minimum atomic E-state index is -3.45. The molecule has 1 rings (SSSR count).